The number of phenolic OH excluding ortho intramolecular Hbond substituents is 1. The predicted octanol–water partition coefficient (Wildman–Crippen LogP) is 10.8. The summed E-state index contributed by atoms with van der Waals surface area (Å²) in [7, 11) is 0. The van der Waals surface area contributed by atoms with Crippen LogP contribution in [0.4, 0.5) is 0 Å². The van der Waals surface area contributed by atoms with Gasteiger partial charge in [-0.05, 0) is 72.9 Å². The summed E-state index contributed by atoms with van der Waals surface area (Å²) in [4.78, 5) is 10.1. The summed E-state index contributed by atoms with van der Waals surface area (Å²) in [5.74, 6) is 1.32. The molecule has 0 fully saturated rings. The molecule has 0 aromatic heterocycles. The average Bonchev–Trinajstić information content (AvgIpc) is 2.89. The van der Waals surface area contributed by atoms with Gasteiger partial charge in [0, 0.05) is 5.92 Å². The van der Waals surface area contributed by atoms with Gasteiger partial charge in [0.25, 0.3) is 0 Å². The zero-order chi connectivity index (χ0) is 28.2. The van der Waals surface area contributed by atoms with Crippen molar-refractivity contribution in [1.82, 2.24) is 0 Å². The molecule has 0 bridgehead atoms. The largest absolute Gasteiger partial charge is 0.508 e. The number of carbonyl (C=O) groups excluding carboxylic acids is 1. The number of carbonyl (C=O) groups is 1. The first-order chi connectivity index (χ1) is 18.3. The maximum atomic E-state index is 10.1. The highest BCUT2D eigenvalue weighted by molar-refractivity contribution is 5.77. The molecule has 2 aromatic rings. The lowest BCUT2D eigenvalue weighted by Crippen LogP contribution is -2.03. The molecular formula is C36H58O2. The quantitative estimate of drug-likeness (QED) is 0.198. The van der Waals surface area contributed by atoms with Crippen LogP contribution in [0.15, 0.2) is 42.5 Å². The van der Waals surface area contributed by atoms with Gasteiger partial charge in [-0.15, -0.1) is 0 Å². The molecular weight excluding hydrogens is 464 g/mol. The Kier molecular flexibility index (Phi) is 18.6. The van der Waals surface area contributed by atoms with E-state index in [-0.39, 0.29) is 11.7 Å². The van der Waals surface area contributed by atoms with E-state index in [1.165, 1.54) is 99.3 Å². The standard InChI is InChI=1S/C31H48O.C5H10O/c1-4-6-7-8-9-10-11-12-13-14-15-17-27-18-20-28(21-19-27)24-26(3)31-23-22-30(32)25-29(31)16-5-2;1-4(2)5(3)6/h18-23,25-26,32H,4-17,24H2,1-3H3;4H,1-3H3. The molecule has 1 atom stereocenters. The Balaban J connectivity index is 0.00000107. The van der Waals surface area contributed by atoms with Crippen molar-refractivity contribution in [3.05, 3.63) is 64.7 Å². The van der Waals surface area contributed by atoms with E-state index in [0.717, 1.165) is 19.3 Å². The Bertz CT molecular complexity index is 865. The number of hydrogen-bond donors (Lipinski definition) is 1. The lowest BCUT2D eigenvalue weighted by atomic mass is 9.88. The Morgan fingerprint density at radius 1 is 0.684 bits per heavy atom. The predicted molar refractivity (Wildman–Crippen MR) is 166 cm³/mol. The first kappa shape index (κ1) is 33.9. The third-order valence-corrected chi connectivity index (χ3v) is 7.62. The summed E-state index contributed by atoms with van der Waals surface area (Å²) in [6, 6.07) is 15.2. The topological polar surface area (TPSA) is 37.3 Å². The second kappa shape index (κ2) is 20.8. The molecule has 2 rings (SSSR count). The fourth-order valence-electron chi connectivity index (χ4n) is 4.86. The molecule has 0 aliphatic rings. The van der Waals surface area contributed by atoms with E-state index in [4.69, 9.17) is 0 Å². The minimum Gasteiger partial charge on any atom is -0.508 e. The van der Waals surface area contributed by atoms with Crippen LogP contribution in [-0.4, -0.2) is 10.9 Å². The van der Waals surface area contributed by atoms with Crippen molar-refractivity contribution in [1.29, 1.82) is 0 Å². The Morgan fingerprint density at radius 2 is 1.18 bits per heavy atom. The van der Waals surface area contributed by atoms with Crippen molar-refractivity contribution in [2.75, 3.05) is 0 Å². The smallest absolute Gasteiger partial charge is 0.132 e. The number of aromatic hydroxyl groups is 1. The van der Waals surface area contributed by atoms with Crippen LogP contribution in [0.1, 0.15) is 147 Å². The molecule has 2 heteroatoms. The maximum Gasteiger partial charge on any atom is 0.132 e. The number of hydrogen-bond acceptors (Lipinski definition) is 2. The lowest BCUT2D eigenvalue weighted by molar-refractivity contribution is -0.119. The Labute approximate surface area is 235 Å². The number of Topliss-reactive ketones (excluding diaryl/α,β-unsaturated/α-hetero) is 1. The molecule has 0 heterocycles. The van der Waals surface area contributed by atoms with Crippen LogP contribution in [0.3, 0.4) is 0 Å². The fraction of sp³-hybridized carbons (Fsp3) is 0.639. The molecule has 2 nitrogen and oxygen atoms in total. The Hall–Kier alpha value is -2.09. The van der Waals surface area contributed by atoms with Crippen molar-refractivity contribution in [3.63, 3.8) is 0 Å². The highest BCUT2D eigenvalue weighted by atomic mass is 16.3. The zero-order valence-electron chi connectivity index (χ0n) is 25.7. The van der Waals surface area contributed by atoms with E-state index in [2.05, 4.69) is 51.1 Å². The molecule has 1 unspecified atom stereocenters. The molecule has 0 amide bonds. The second-order valence-electron chi connectivity index (χ2n) is 11.6. The Morgan fingerprint density at radius 3 is 1.68 bits per heavy atom. The molecule has 2 aromatic carbocycles. The van der Waals surface area contributed by atoms with E-state index < -0.39 is 0 Å². The molecule has 0 spiro atoms. The molecule has 0 aliphatic heterocycles. The monoisotopic (exact) mass is 522 g/mol. The molecule has 0 saturated heterocycles. The van der Waals surface area contributed by atoms with Gasteiger partial charge in [-0.25, -0.2) is 0 Å². The van der Waals surface area contributed by atoms with Crippen molar-refractivity contribution in [2.24, 2.45) is 5.92 Å². The number of benzene rings is 2. The summed E-state index contributed by atoms with van der Waals surface area (Å²) in [5.41, 5.74) is 5.58. The van der Waals surface area contributed by atoms with Crippen LogP contribution >= 0.6 is 0 Å². The highest BCUT2D eigenvalue weighted by Gasteiger charge is 2.12. The SMILES string of the molecule is CC(=O)C(C)C.CCCCCCCCCCCCCc1ccc(CC(C)c2ccc(O)cc2CCC)cc1. The average molecular weight is 523 g/mol. The third-order valence-electron chi connectivity index (χ3n) is 7.62. The van der Waals surface area contributed by atoms with Crippen molar-refractivity contribution >= 4 is 5.78 Å². The number of unbranched alkanes of at least 4 members (excludes halogenated alkanes) is 10. The van der Waals surface area contributed by atoms with Crippen molar-refractivity contribution in [3.8, 4) is 5.75 Å². The molecule has 0 saturated carbocycles. The van der Waals surface area contributed by atoms with Gasteiger partial charge >= 0.3 is 0 Å². The summed E-state index contributed by atoms with van der Waals surface area (Å²) in [6.07, 6.45) is 19.9. The van der Waals surface area contributed by atoms with Gasteiger partial charge in [-0.1, -0.05) is 136 Å². The van der Waals surface area contributed by atoms with Crippen LogP contribution in [0.2, 0.25) is 0 Å². The summed E-state index contributed by atoms with van der Waals surface area (Å²) < 4.78 is 0. The molecule has 38 heavy (non-hydrogen) atoms. The van der Waals surface area contributed by atoms with Gasteiger partial charge in [0.05, 0.1) is 0 Å². The van der Waals surface area contributed by atoms with E-state index in [1.807, 2.05) is 26.0 Å². The fourth-order valence-corrected chi connectivity index (χ4v) is 4.86. The van der Waals surface area contributed by atoms with Gasteiger partial charge in [-0.2, -0.15) is 0 Å². The van der Waals surface area contributed by atoms with E-state index in [0.29, 0.717) is 11.7 Å². The van der Waals surface area contributed by atoms with Gasteiger partial charge in [0.15, 0.2) is 0 Å². The van der Waals surface area contributed by atoms with E-state index in [1.54, 1.807) is 6.92 Å². The molecule has 214 valence electrons. The van der Waals surface area contributed by atoms with E-state index >= 15 is 0 Å². The number of rotatable bonds is 18. The van der Waals surface area contributed by atoms with Gasteiger partial charge < -0.3 is 5.11 Å². The van der Waals surface area contributed by atoms with Crippen LogP contribution in [0, 0.1) is 5.92 Å². The normalized spacial score (nSPS) is 11.8. The first-order valence-corrected chi connectivity index (χ1v) is 15.7. The van der Waals surface area contributed by atoms with Crippen molar-refractivity contribution in [2.45, 2.75) is 144 Å². The number of ketones is 1. The minimum absolute atomic E-state index is 0.213. The van der Waals surface area contributed by atoms with Gasteiger partial charge in [0.1, 0.15) is 11.5 Å². The van der Waals surface area contributed by atoms with Gasteiger partial charge in [0.2, 0.25) is 0 Å². The van der Waals surface area contributed by atoms with Crippen molar-refractivity contribution < 1.29 is 9.90 Å². The first-order valence-electron chi connectivity index (χ1n) is 15.7. The van der Waals surface area contributed by atoms with Crippen LogP contribution in [0.25, 0.3) is 0 Å². The number of phenols is 1. The van der Waals surface area contributed by atoms with Gasteiger partial charge in [-0.3, -0.25) is 4.79 Å². The van der Waals surface area contributed by atoms with Crippen LogP contribution in [-0.2, 0) is 24.1 Å². The van der Waals surface area contributed by atoms with Crippen LogP contribution in [0.5, 0.6) is 5.75 Å². The summed E-state index contributed by atoms with van der Waals surface area (Å²) >= 11 is 0. The van der Waals surface area contributed by atoms with E-state index in [9.17, 15) is 9.90 Å². The zero-order valence-corrected chi connectivity index (χ0v) is 25.7. The summed E-state index contributed by atoms with van der Waals surface area (Å²) in [6.45, 7) is 12.2. The minimum atomic E-state index is 0.213. The second-order valence-corrected chi connectivity index (χ2v) is 11.6. The lowest BCUT2D eigenvalue weighted by Gasteiger charge is -2.17. The molecule has 0 aliphatic carbocycles. The summed E-state index contributed by atoms with van der Waals surface area (Å²) in [5, 5.41) is 9.84. The number of aryl methyl sites for hydroxylation is 2. The molecule has 1 N–H and O–H groups in total. The third kappa shape index (κ3) is 15.4. The highest BCUT2D eigenvalue weighted by Crippen LogP contribution is 2.28. The van der Waals surface area contributed by atoms with Crippen LogP contribution < -0.4 is 0 Å². The molecule has 0 radical (unpaired) electrons. The maximum absolute atomic E-state index is 10.1.